The number of carbonyl (C=O) groups is 1. The minimum absolute atomic E-state index is 0.149. The van der Waals surface area contributed by atoms with E-state index in [2.05, 4.69) is 53.2 Å². The Labute approximate surface area is 201 Å². The summed E-state index contributed by atoms with van der Waals surface area (Å²) in [7, 11) is 3.04. The van der Waals surface area contributed by atoms with Gasteiger partial charge < -0.3 is 14.8 Å². The Kier molecular flexibility index (Phi) is 8.08. The van der Waals surface area contributed by atoms with E-state index >= 15 is 0 Å². The Morgan fingerprint density at radius 3 is 2.59 bits per heavy atom. The molecule has 0 spiro atoms. The molecule has 3 aromatic rings. The highest BCUT2D eigenvalue weighted by Crippen LogP contribution is 2.37. The third-order valence-electron chi connectivity index (χ3n) is 4.96. The molecule has 0 saturated carbocycles. The Morgan fingerprint density at radius 2 is 1.97 bits per heavy atom. The lowest BCUT2D eigenvalue weighted by Gasteiger charge is -2.15. The summed E-state index contributed by atoms with van der Waals surface area (Å²) in [4.78, 5) is 14.0. The summed E-state index contributed by atoms with van der Waals surface area (Å²) in [6, 6.07) is 3.40. The quantitative estimate of drug-likeness (QED) is 0.375. The zero-order valence-corrected chi connectivity index (χ0v) is 21.4. The van der Waals surface area contributed by atoms with Crippen LogP contribution in [0.1, 0.15) is 37.3 Å². The van der Waals surface area contributed by atoms with Crippen LogP contribution in [0.3, 0.4) is 0 Å². The molecule has 1 aromatic carbocycles. The van der Waals surface area contributed by atoms with Crippen molar-refractivity contribution in [2.45, 2.75) is 45.3 Å². The van der Waals surface area contributed by atoms with E-state index in [1.54, 1.807) is 23.5 Å². The van der Waals surface area contributed by atoms with Crippen molar-refractivity contribution in [1.29, 1.82) is 0 Å². The van der Waals surface area contributed by atoms with Gasteiger partial charge in [0.15, 0.2) is 11.0 Å². The van der Waals surface area contributed by atoms with Crippen molar-refractivity contribution in [2.24, 2.45) is 0 Å². The number of hydrogen-bond acceptors (Lipinski definition) is 7. The molecular weight excluding hydrogens is 468 g/mol. The molecule has 0 aliphatic carbocycles. The number of rotatable bonds is 9. The first-order chi connectivity index (χ1) is 15.3. The van der Waals surface area contributed by atoms with Crippen molar-refractivity contribution < 1.29 is 14.3 Å². The second-order valence-electron chi connectivity index (χ2n) is 7.33. The smallest absolute Gasteiger partial charge is 0.234 e. The molecule has 0 fully saturated rings. The van der Waals surface area contributed by atoms with Crippen LogP contribution < -0.4 is 14.8 Å². The van der Waals surface area contributed by atoms with E-state index in [1.807, 2.05) is 0 Å². The molecule has 172 valence electrons. The van der Waals surface area contributed by atoms with Gasteiger partial charge in [0.05, 0.1) is 30.7 Å². The van der Waals surface area contributed by atoms with Crippen molar-refractivity contribution in [3.63, 3.8) is 0 Å². The second kappa shape index (κ2) is 10.6. The van der Waals surface area contributed by atoms with Gasteiger partial charge in [-0.15, -0.1) is 21.5 Å². The third kappa shape index (κ3) is 5.05. The molecule has 0 bridgehead atoms. The maximum absolute atomic E-state index is 12.7. The molecule has 0 saturated heterocycles. The number of nitrogens with zero attached hydrogens (tertiary/aromatic N) is 3. The van der Waals surface area contributed by atoms with Crippen LogP contribution in [0.5, 0.6) is 11.5 Å². The van der Waals surface area contributed by atoms with Gasteiger partial charge in [-0.05, 0) is 32.8 Å². The van der Waals surface area contributed by atoms with Gasteiger partial charge in [-0.2, -0.15) is 0 Å². The number of aryl methyl sites for hydroxylation is 1. The number of amides is 1. The van der Waals surface area contributed by atoms with Crippen LogP contribution in [0, 0.1) is 6.92 Å². The van der Waals surface area contributed by atoms with Gasteiger partial charge in [0.1, 0.15) is 11.5 Å². The number of hydrogen-bond donors (Lipinski definition) is 1. The lowest BCUT2D eigenvalue weighted by Crippen LogP contribution is -2.16. The molecule has 0 atom stereocenters. The van der Waals surface area contributed by atoms with E-state index in [9.17, 15) is 4.79 Å². The summed E-state index contributed by atoms with van der Waals surface area (Å²) < 4.78 is 12.7. The number of anilines is 1. The first-order valence-electron chi connectivity index (χ1n) is 10.2. The topological polar surface area (TPSA) is 78.3 Å². The molecular formula is C22H27ClN4O3S2. The number of nitrogens with one attached hydrogen (secondary N) is 1. The van der Waals surface area contributed by atoms with Gasteiger partial charge >= 0.3 is 0 Å². The highest BCUT2D eigenvalue weighted by atomic mass is 35.5. The first kappa shape index (κ1) is 24.4. The number of thiophene rings is 1. The van der Waals surface area contributed by atoms with Gasteiger partial charge in [0.25, 0.3) is 0 Å². The standard InChI is InChI=1S/C22H27ClN4O3S2/c1-7-14-13(4)31-10-15(14)21-25-26-22(27(21)12(2)3)32-11-20(28)24-17-9-18(29-5)16(23)8-19(17)30-6/h8-10,12H,7,11H2,1-6H3,(H,24,28). The lowest BCUT2D eigenvalue weighted by atomic mass is 10.1. The maximum atomic E-state index is 12.7. The molecule has 3 rings (SSSR count). The Hall–Kier alpha value is -2.23. The summed E-state index contributed by atoms with van der Waals surface area (Å²) in [6.45, 7) is 8.46. The predicted octanol–water partition coefficient (Wildman–Crippen LogP) is 5.86. The SMILES string of the molecule is CCc1c(-c2nnc(SCC(=O)Nc3cc(OC)c(Cl)cc3OC)n2C(C)C)csc1C. The van der Waals surface area contributed by atoms with Gasteiger partial charge in [-0.3, -0.25) is 9.36 Å². The average molecular weight is 495 g/mol. The van der Waals surface area contributed by atoms with Crippen molar-refractivity contribution in [3.8, 4) is 22.9 Å². The van der Waals surface area contributed by atoms with E-state index in [-0.39, 0.29) is 17.7 Å². The molecule has 1 amide bonds. The Balaban J connectivity index is 1.79. The number of halogens is 1. The first-order valence-corrected chi connectivity index (χ1v) is 12.4. The van der Waals surface area contributed by atoms with Crippen molar-refractivity contribution in [1.82, 2.24) is 14.8 Å². The molecule has 1 N–H and O–H groups in total. The number of carbonyl (C=O) groups excluding carboxylic acids is 1. The molecule has 0 unspecified atom stereocenters. The fraction of sp³-hybridized carbons (Fsp3) is 0.409. The number of methoxy groups -OCH3 is 2. The monoisotopic (exact) mass is 494 g/mol. The van der Waals surface area contributed by atoms with Crippen molar-refractivity contribution >= 4 is 46.3 Å². The molecule has 32 heavy (non-hydrogen) atoms. The highest BCUT2D eigenvalue weighted by molar-refractivity contribution is 7.99. The predicted molar refractivity (Wildman–Crippen MR) is 132 cm³/mol. The summed E-state index contributed by atoms with van der Waals surface area (Å²) in [5, 5.41) is 15.0. The minimum Gasteiger partial charge on any atom is -0.495 e. The zero-order chi connectivity index (χ0) is 23.4. The van der Waals surface area contributed by atoms with E-state index in [0.29, 0.717) is 27.4 Å². The Bertz CT molecular complexity index is 1110. The van der Waals surface area contributed by atoms with Gasteiger partial charge in [-0.1, -0.05) is 30.3 Å². The summed E-state index contributed by atoms with van der Waals surface area (Å²) in [5.41, 5.74) is 2.90. The number of benzene rings is 1. The van der Waals surface area contributed by atoms with E-state index in [0.717, 1.165) is 17.8 Å². The normalized spacial score (nSPS) is 11.1. The van der Waals surface area contributed by atoms with Crippen LogP contribution in [0.25, 0.3) is 11.4 Å². The van der Waals surface area contributed by atoms with Crippen molar-refractivity contribution in [3.05, 3.63) is 33.0 Å². The second-order valence-corrected chi connectivity index (χ2v) is 9.76. The third-order valence-corrected chi connectivity index (χ3v) is 7.15. The highest BCUT2D eigenvalue weighted by Gasteiger charge is 2.21. The van der Waals surface area contributed by atoms with Crippen LogP contribution in [0.15, 0.2) is 22.7 Å². The number of aromatic nitrogens is 3. The Morgan fingerprint density at radius 1 is 1.25 bits per heavy atom. The molecule has 0 aliphatic rings. The molecule has 2 heterocycles. The van der Waals surface area contributed by atoms with Gasteiger partial charge in [-0.25, -0.2) is 0 Å². The fourth-order valence-electron chi connectivity index (χ4n) is 3.41. The van der Waals surface area contributed by atoms with Crippen molar-refractivity contribution in [2.75, 3.05) is 25.3 Å². The maximum Gasteiger partial charge on any atom is 0.234 e. The summed E-state index contributed by atoms with van der Waals surface area (Å²) in [5.74, 6) is 1.73. The van der Waals surface area contributed by atoms with Gasteiger partial charge in [0.2, 0.25) is 5.91 Å². The molecule has 2 aromatic heterocycles. The van der Waals surface area contributed by atoms with E-state index < -0.39 is 0 Å². The van der Waals surface area contributed by atoms with Crippen LogP contribution in [0.2, 0.25) is 5.02 Å². The van der Waals surface area contributed by atoms with Crippen LogP contribution in [-0.4, -0.2) is 40.6 Å². The largest absolute Gasteiger partial charge is 0.495 e. The molecule has 10 heteroatoms. The van der Waals surface area contributed by atoms with E-state index in [4.69, 9.17) is 21.1 Å². The lowest BCUT2D eigenvalue weighted by molar-refractivity contribution is -0.113. The van der Waals surface area contributed by atoms with Crippen LogP contribution >= 0.6 is 34.7 Å². The summed E-state index contributed by atoms with van der Waals surface area (Å²) in [6.07, 6.45) is 0.937. The van der Waals surface area contributed by atoms with E-state index in [1.165, 1.54) is 36.4 Å². The van der Waals surface area contributed by atoms with Gasteiger partial charge in [0, 0.05) is 34.0 Å². The molecule has 0 aliphatic heterocycles. The number of ether oxygens (including phenoxy) is 2. The average Bonchev–Trinajstić information content (AvgIpc) is 3.35. The zero-order valence-electron chi connectivity index (χ0n) is 19.0. The molecule has 0 radical (unpaired) electrons. The van der Waals surface area contributed by atoms with Crippen LogP contribution in [-0.2, 0) is 11.2 Å². The minimum atomic E-state index is -0.196. The number of thioether (sulfide) groups is 1. The fourth-order valence-corrected chi connectivity index (χ4v) is 5.44. The van der Waals surface area contributed by atoms with Crippen LogP contribution in [0.4, 0.5) is 5.69 Å². The molecule has 7 nitrogen and oxygen atoms in total. The summed E-state index contributed by atoms with van der Waals surface area (Å²) >= 11 is 9.21.